The van der Waals surface area contributed by atoms with E-state index in [1.54, 1.807) is 32.0 Å². The molecule has 0 fully saturated rings. The van der Waals surface area contributed by atoms with Gasteiger partial charge in [0.1, 0.15) is 22.3 Å². The number of carboxylic acid groups (broad SMARTS) is 1. The summed E-state index contributed by atoms with van der Waals surface area (Å²) < 4.78 is 20.5. The number of hydrogen-bond acceptors (Lipinski definition) is 5. The number of halogens is 2. The standard InChI is InChI=1S/C26H22ClFN2O4/c1-12-9-17(15(4)29-20-7-8-21(27)30-22(20)26(32)33)25-18(10-12)23(31)14(3)24(34-25)16-6-5-13(2)19(28)11-16/h5-11,15,29H,1-4H3,(H,32,33)/t15-/m1/s1. The van der Waals surface area contributed by atoms with Crippen LogP contribution in [0.5, 0.6) is 0 Å². The highest BCUT2D eigenvalue weighted by Crippen LogP contribution is 2.33. The highest BCUT2D eigenvalue weighted by molar-refractivity contribution is 6.29. The first-order valence-electron chi connectivity index (χ1n) is 10.6. The van der Waals surface area contributed by atoms with Gasteiger partial charge < -0.3 is 14.8 Å². The minimum absolute atomic E-state index is 0.0630. The van der Waals surface area contributed by atoms with Crippen molar-refractivity contribution in [3.8, 4) is 11.3 Å². The maximum Gasteiger partial charge on any atom is 0.356 e. The third kappa shape index (κ3) is 4.26. The lowest BCUT2D eigenvalue weighted by Crippen LogP contribution is -2.14. The van der Waals surface area contributed by atoms with Crippen LogP contribution in [0.2, 0.25) is 5.15 Å². The molecule has 2 aromatic carbocycles. The molecule has 2 heterocycles. The van der Waals surface area contributed by atoms with E-state index < -0.39 is 17.8 Å². The highest BCUT2D eigenvalue weighted by atomic mass is 35.5. The van der Waals surface area contributed by atoms with E-state index in [9.17, 15) is 19.1 Å². The molecule has 2 aromatic heterocycles. The summed E-state index contributed by atoms with van der Waals surface area (Å²) in [4.78, 5) is 28.8. The third-order valence-corrected chi connectivity index (χ3v) is 5.94. The van der Waals surface area contributed by atoms with E-state index >= 15 is 0 Å². The summed E-state index contributed by atoms with van der Waals surface area (Å²) >= 11 is 5.86. The molecule has 174 valence electrons. The predicted molar refractivity (Wildman–Crippen MR) is 130 cm³/mol. The Hall–Kier alpha value is -3.71. The van der Waals surface area contributed by atoms with E-state index in [4.69, 9.17) is 16.0 Å². The van der Waals surface area contributed by atoms with Crippen LogP contribution in [0.15, 0.2) is 51.7 Å². The quantitative estimate of drug-likeness (QED) is 0.319. The Bertz CT molecular complexity index is 1510. The number of aromatic carboxylic acids is 1. The molecule has 34 heavy (non-hydrogen) atoms. The number of hydrogen-bond donors (Lipinski definition) is 2. The van der Waals surface area contributed by atoms with Gasteiger partial charge in [0.05, 0.1) is 17.1 Å². The first-order valence-corrected chi connectivity index (χ1v) is 11.0. The van der Waals surface area contributed by atoms with Gasteiger partial charge in [0.2, 0.25) is 0 Å². The minimum Gasteiger partial charge on any atom is -0.476 e. The maximum absolute atomic E-state index is 14.3. The summed E-state index contributed by atoms with van der Waals surface area (Å²) in [5.41, 5.74) is 3.00. The molecular formula is C26H22ClFN2O4. The average molecular weight is 481 g/mol. The number of rotatable bonds is 5. The van der Waals surface area contributed by atoms with E-state index in [-0.39, 0.29) is 27.7 Å². The number of carbonyl (C=O) groups is 1. The summed E-state index contributed by atoms with van der Waals surface area (Å²) in [6.07, 6.45) is 0. The summed E-state index contributed by atoms with van der Waals surface area (Å²) in [5, 5.41) is 13.1. The molecule has 4 aromatic rings. The molecule has 0 bridgehead atoms. The molecule has 1 atom stereocenters. The summed E-state index contributed by atoms with van der Waals surface area (Å²) in [6, 6.07) is 10.9. The van der Waals surface area contributed by atoms with Gasteiger partial charge in [-0.15, -0.1) is 0 Å². The Kier molecular flexibility index (Phi) is 6.15. The number of fused-ring (bicyclic) bond motifs is 1. The molecule has 4 rings (SSSR count). The molecule has 0 unspecified atom stereocenters. The minimum atomic E-state index is -1.22. The number of pyridine rings is 1. The smallest absolute Gasteiger partial charge is 0.356 e. The second kappa shape index (κ2) is 8.91. The van der Waals surface area contributed by atoms with Crippen LogP contribution in [0.4, 0.5) is 10.1 Å². The molecule has 2 N–H and O–H groups in total. The van der Waals surface area contributed by atoms with E-state index in [0.717, 1.165) is 5.56 Å². The molecule has 0 saturated carbocycles. The first kappa shape index (κ1) is 23.4. The number of anilines is 1. The van der Waals surface area contributed by atoms with Gasteiger partial charge in [-0.2, -0.15) is 0 Å². The van der Waals surface area contributed by atoms with Crippen LogP contribution in [0.3, 0.4) is 0 Å². The van der Waals surface area contributed by atoms with Gasteiger partial charge in [-0.1, -0.05) is 29.8 Å². The molecular weight excluding hydrogens is 459 g/mol. The molecule has 0 aliphatic heterocycles. The van der Waals surface area contributed by atoms with Crippen molar-refractivity contribution < 1.29 is 18.7 Å². The van der Waals surface area contributed by atoms with E-state index in [1.165, 1.54) is 18.2 Å². The van der Waals surface area contributed by atoms with Crippen LogP contribution in [-0.2, 0) is 0 Å². The molecule has 6 nitrogen and oxygen atoms in total. The van der Waals surface area contributed by atoms with Gasteiger partial charge in [0.25, 0.3) is 0 Å². The zero-order valence-electron chi connectivity index (χ0n) is 19.0. The Labute approximate surface area is 200 Å². The van der Waals surface area contributed by atoms with Crippen molar-refractivity contribution >= 4 is 34.2 Å². The summed E-state index contributed by atoms with van der Waals surface area (Å²) in [6.45, 7) is 6.99. The average Bonchev–Trinajstić information content (AvgIpc) is 2.79. The number of aromatic nitrogens is 1. The van der Waals surface area contributed by atoms with Crippen molar-refractivity contribution in [2.45, 2.75) is 33.7 Å². The van der Waals surface area contributed by atoms with E-state index in [2.05, 4.69) is 10.3 Å². The van der Waals surface area contributed by atoms with Gasteiger partial charge >= 0.3 is 5.97 Å². The summed E-state index contributed by atoms with van der Waals surface area (Å²) in [5.74, 6) is -1.33. The van der Waals surface area contributed by atoms with Gasteiger partial charge in [0.15, 0.2) is 11.1 Å². The zero-order chi connectivity index (χ0) is 24.7. The lowest BCUT2D eigenvalue weighted by atomic mass is 9.98. The highest BCUT2D eigenvalue weighted by Gasteiger charge is 2.21. The number of nitrogens with one attached hydrogen (secondary N) is 1. The lowest BCUT2D eigenvalue weighted by molar-refractivity contribution is 0.0691. The number of benzene rings is 2. The van der Waals surface area contributed by atoms with Crippen LogP contribution in [0.1, 0.15) is 45.7 Å². The molecule has 0 radical (unpaired) electrons. The molecule has 0 aliphatic carbocycles. The largest absolute Gasteiger partial charge is 0.476 e. The lowest BCUT2D eigenvalue weighted by Gasteiger charge is -2.19. The van der Waals surface area contributed by atoms with E-state index in [0.29, 0.717) is 33.2 Å². The number of aryl methyl sites for hydroxylation is 2. The van der Waals surface area contributed by atoms with E-state index in [1.807, 2.05) is 19.9 Å². The van der Waals surface area contributed by atoms with Gasteiger partial charge in [-0.05, 0) is 63.1 Å². The second-order valence-electron chi connectivity index (χ2n) is 8.28. The van der Waals surface area contributed by atoms with Crippen LogP contribution < -0.4 is 10.7 Å². The fourth-order valence-corrected chi connectivity index (χ4v) is 4.07. The van der Waals surface area contributed by atoms with Crippen LogP contribution >= 0.6 is 11.6 Å². The predicted octanol–water partition coefficient (Wildman–Crippen LogP) is 6.44. The van der Waals surface area contributed by atoms with Gasteiger partial charge in [0, 0.05) is 16.7 Å². The van der Waals surface area contributed by atoms with Crippen LogP contribution in [0, 0.1) is 26.6 Å². The molecule has 0 spiro atoms. The maximum atomic E-state index is 14.3. The molecule has 0 saturated heterocycles. The fourth-order valence-electron chi connectivity index (χ4n) is 3.92. The van der Waals surface area contributed by atoms with Gasteiger partial charge in [-0.25, -0.2) is 14.2 Å². The zero-order valence-corrected chi connectivity index (χ0v) is 19.7. The first-order chi connectivity index (χ1) is 16.1. The number of carboxylic acids is 1. The van der Waals surface area contributed by atoms with Crippen molar-refractivity contribution in [2.24, 2.45) is 0 Å². The monoisotopic (exact) mass is 480 g/mol. The van der Waals surface area contributed by atoms with Gasteiger partial charge in [-0.3, -0.25) is 4.79 Å². The molecule has 8 heteroatoms. The topological polar surface area (TPSA) is 92.4 Å². The third-order valence-electron chi connectivity index (χ3n) is 5.73. The van der Waals surface area contributed by atoms with Crippen molar-refractivity contribution in [2.75, 3.05) is 5.32 Å². The van der Waals surface area contributed by atoms with Crippen molar-refractivity contribution in [3.63, 3.8) is 0 Å². The molecule has 0 amide bonds. The Morgan fingerprint density at radius 2 is 1.88 bits per heavy atom. The Morgan fingerprint density at radius 1 is 1.15 bits per heavy atom. The Balaban J connectivity index is 1.89. The van der Waals surface area contributed by atoms with Crippen molar-refractivity contribution in [3.05, 3.63) is 91.6 Å². The Morgan fingerprint density at radius 3 is 2.56 bits per heavy atom. The fraction of sp³-hybridized carbons (Fsp3) is 0.192. The SMILES string of the molecule is Cc1cc([C@@H](C)Nc2ccc(Cl)nc2C(=O)O)c2oc(-c3ccc(C)c(F)c3)c(C)c(=O)c2c1. The number of nitrogens with zero attached hydrogens (tertiary/aromatic N) is 1. The summed E-state index contributed by atoms with van der Waals surface area (Å²) in [7, 11) is 0. The second-order valence-corrected chi connectivity index (χ2v) is 8.67. The van der Waals surface area contributed by atoms with Crippen molar-refractivity contribution in [1.29, 1.82) is 0 Å². The normalized spacial score (nSPS) is 12.1. The van der Waals surface area contributed by atoms with Crippen LogP contribution in [0.25, 0.3) is 22.3 Å². The molecule has 0 aliphatic rings. The van der Waals surface area contributed by atoms with Crippen molar-refractivity contribution in [1.82, 2.24) is 4.98 Å². The van der Waals surface area contributed by atoms with Crippen LogP contribution in [-0.4, -0.2) is 16.1 Å².